The molecule has 1 saturated heterocycles. The smallest absolute Gasteiger partial charge is 0.322 e. The molecule has 9 nitrogen and oxygen atoms in total. The van der Waals surface area contributed by atoms with Crippen molar-refractivity contribution < 1.29 is 21.6 Å². The Labute approximate surface area is 210 Å². The summed E-state index contributed by atoms with van der Waals surface area (Å²) in [4.78, 5) is 25.0. The van der Waals surface area contributed by atoms with Crippen LogP contribution in [0, 0.1) is 5.92 Å². The molecule has 37 heavy (non-hydrogen) atoms. The lowest BCUT2D eigenvalue weighted by molar-refractivity contribution is -0.137. The zero-order valence-corrected chi connectivity index (χ0v) is 20.7. The van der Waals surface area contributed by atoms with E-state index >= 15 is 0 Å². The molecule has 0 saturated carbocycles. The number of benzene rings is 1. The number of imidazole rings is 1. The summed E-state index contributed by atoms with van der Waals surface area (Å²) in [6.07, 6.45) is -0.272. The number of hydrogen-bond donors (Lipinski definition) is 2. The highest BCUT2D eigenvalue weighted by Crippen LogP contribution is 2.31. The molecule has 4 aromatic rings. The summed E-state index contributed by atoms with van der Waals surface area (Å²) in [5.74, 6) is 0.465. The maximum atomic E-state index is 13.5. The molecule has 13 heteroatoms. The normalized spacial score (nSPS) is 16.0. The first-order valence-corrected chi connectivity index (χ1v) is 13.6. The highest BCUT2D eigenvalue weighted by molar-refractivity contribution is 7.88. The van der Waals surface area contributed by atoms with Crippen molar-refractivity contribution in [2.24, 2.45) is 5.92 Å². The molecular weight excluding hydrogens is 509 g/mol. The van der Waals surface area contributed by atoms with E-state index in [9.17, 15) is 26.4 Å². The van der Waals surface area contributed by atoms with E-state index in [4.69, 9.17) is 0 Å². The molecule has 0 aliphatic carbocycles. The van der Waals surface area contributed by atoms with Gasteiger partial charge in [0.25, 0.3) is 5.56 Å². The lowest BCUT2D eigenvalue weighted by Gasteiger charge is -2.30. The van der Waals surface area contributed by atoms with Gasteiger partial charge in [-0.3, -0.25) is 14.9 Å². The molecule has 1 aromatic carbocycles. The standard InChI is InChI=1S/C24H25F3N6O3S/c1-37(35,36)32-12-10-15(11-13-32)6-8-17-21(20-9-7-16(14-28-20)24(25,26)27)31-33(22(17)34)23-29-18-4-2-3-5-19(18)30-23/h2-5,7,9,14-15,31H,6,8,10-13H2,1H3,(H,29,30). The van der Waals surface area contributed by atoms with E-state index in [0.29, 0.717) is 55.5 Å². The van der Waals surface area contributed by atoms with Crippen molar-refractivity contribution >= 4 is 21.1 Å². The predicted molar refractivity (Wildman–Crippen MR) is 132 cm³/mol. The number of alkyl halides is 3. The van der Waals surface area contributed by atoms with Crippen molar-refractivity contribution in [1.29, 1.82) is 0 Å². The summed E-state index contributed by atoms with van der Waals surface area (Å²) in [6, 6.07) is 9.45. The van der Waals surface area contributed by atoms with Crippen molar-refractivity contribution in [3.8, 4) is 17.3 Å². The lowest BCUT2D eigenvalue weighted by atomic mass is 9.91. The summed E-state index contributed by atoms with van der Waals surface area (Å²) in [7, 11) is -3.24. The number of pyridine rings is 1. The topological polar surface area (TPSA) is 117 Å². The molecule has 0 atom stereocenters. The molecule has 1 fully saturated rings. The van der Waals surface area contributed by atoms with E-state index in [2.05, 4.69) is 20.1 Å². The maximum Gasteiger partial charge on any atom is 0.417 e. The van der Waals surface area contributed by atoms with Gasteiger partial charge in [0.05, 0.1) is 34.2 Å². The zero-order chi connectivity index (χ0) is 26.4. The number of fused-ring (bicyclic) bond motifs is 1. The summed E-state index contributed by atoms with van der Waals surface area (Å²) in [5, 5.41) is 3.00. The Balaban J connectivity index is 1.47. The minimum Gasteiger partial charge on any atom is -0.322 e. The van der Waals surface area contributed by atoms with Crippen LogP contribution in [0.4, 0.5) is 13.2 Å². The van der Waals surface area contributed by atoms with Crippen LogP contribution in [-0.4, -0.2) is 56.8 Å². The van der Waals surface area contributed by atoms with Gasteiger partial charge in [-0.25, -0.2) is 17.7 Å². The van der Waals surface area contributed by atoms with E-state index in [-0.39, 0.29) is 23.1 Å². The number of aromatic nitrogens is 5. The summed E-state index contributed by atoms with van der Waals surface area (Å²) in [6.45, 7) is 0.848. The molecule has 196 valence electrons. The van der Waals surface area contributed by atoms with E-state index < -0.39 is 21.8 Å². The summed E-state index contributed by atoms with van der Waals surface area (Å²) < 4.78 is 65.5. The minimum atomic E-state index is -4.52. The van der Waals surface area contributed by atoms with E-state index in [1.807, 2.05) is 18.2 Å². The molecule has 0 spiro atoms. The number of rotatable bonds is 6. The van der Waals surface area contributed by atoms with Gasteiger partial charge in [-0.05, 0) is 55.9 Å². The van der Waals surface area contributed by atoms with Gasteiger partial charge in [0.15, 0.2) is 0 Å². The van der Waals surface area contributed by atoms with Crippen LogP contribution >= 0.6 is 0 Å². The van der Waals surface area contributed by atoms with E-state index in [0.717, 1.165) is 17.8 Å². The van der Waals surface area contributed by atoms with Crippen LogP contribution in [0.5, 0.6) is 0 Å². The maximum absolute atomic E-state index is 13.5. The first-order valence-electron chi connectivity index (χ1n) is 11.8. The molecule has 0 radical (unpaired) electrons. The van der Waals surface area contributed by atoms with Gasteiger partial charge in [0.2, 0.25) is 16.0 Å². The number of H-pyrrole nitrogens is 2. The van der Waals surface area contributed by atoms with Gasteiger partial charge in [0, 0.05) is 24.8 Å². The van der Waals surface area contributed by atoms with Gasteiger partial charge in [-0.1, -0.05) is 12.1 Å². The average Bonchev–Trinajstić information content (AvgIpc) is 3.43. The van der Waals surface area contributed by atoms with Crippen LogP contribution in [0.1, 0.15) is 30.4 Å². The Morgan fingerprint density at radius 2 is 1.84 bits per heavy atom. The molecule has 4 heterocycles. The van der Waals surface area contributed by atoms with Crippen LogP contribution in [0.2, 0.25) is 0 Å². The molecule has 0 amide bonds. The Hall–Kier alpha value is -3.45. The van der Waals surface area contributed by atoms with Gasteiger partial charge in [0.1, 0.15) is 0 Å². The molecule has 5 rings (SSSR count). The second-order valence-corrected chi connectivity index (χ2v) is 11.2. The van der Waals surface area contributed by atoms with Crippen LogP contribution in [0.3, 0.4) is 0 Å². The Bertz CT molecular complexity index is 1550. The van der Waals surface area contributed by atoms with Crippen molar-refractivity contribution in [3.05, 3.63) is 64.1 Å². The lowest BCUT2D eigenvalue weighted by Crippen LogP contribution is -2.37. The molecular formula is C24H25F3N6O3S. The minimum absolute atomic E-state index is 0.209. The number of piperidine rings is 1. The Morgan fingerprint density at radius 3 is 2.46 bits per heavy atom. The van der Waals surface area contributed by atoms with E-state index in [1.54, 1.807) is 6.07 Å². The molecule has 0 unspecified atom stereocenters. The summed E-state index contributed by atoms with van der Waals surface area (Å²) in [5.41, 5.74) is 1.06. The fourth-order valence-corrected chi connectivity index (χ4v) is 5.57. The van der Waals surface area contributed by atoms with Crippen molar-refractivity contribution in [2.45, 2.75) is 31.9 Å². The fourth-order valence-electron chi connectivity index (χ4n) is 4.70. The number of aromatic amines is 2. The predicted octanol–water partition coefficient (Wildman–Crippen LogP) is 3.73. The largest absolute Gasteiger partial charge is 0.417 e. The third-order valence-corrected chi connectivity index (χ3v) is 8.07. The fraction of sp³-hybridized carbons (Fsp3) is 0.375. The second kappa shape index (κ2) is 9.45. The third-order valence-electron chi connectivity index (χ3n) is 6.77. The first-order chi connectivity index (χ1) is 17.5. The molecule has 0 bridgehead atoms. The number of hydrogen-bond acceptors (Lipinski definition) is 5. The quantitative estimate of drug-likeness (QED) is 0.391. The molecule has 1 aliphatic heterocycles. The van der Waals surface area contributed by atoms with Gasteiger partial charge >= 0.3 is 6.18 Å². The monoisotopic (exact) mass is 534 g/mol. The van der Waals surface area contributed by atoms with Gasteiger partial charge < -0.3 is 4.98 Å². The van der Waals surface area contributed by atoms with Crippen LogP contribution in [0.25, 0.3) is 28.4 Å². The van der Waals surface area contributed by atoms with Crippen LogP contribution in [0.15, 0.2) is 47.4 Å². The number of para-hydroxylation sites is 2. The number of sulfonamides is 1. The van der Waals surface area contributed by atoms with Crippen molar-refractivity contribution in [3.63, 3.8) is 0 Å². The third kappa shape index (κ3) is 5.18. The molecule has 2 N–H and O–H groups in total. The Kier molecular flexibility index (Phi) is 6.44. The summed E-state index contributed by atoms with van der Waals surface area (Å²) >= 11 is 0. The second-order valence-electron chi connectivity index (χ2n) is 9.26. The van der Waals surface area contributed by atoms with Crippen LogP contribution < -0.4 is 5.56 Å². The van der Waals surface area contributed by atoms with Gasteiger partial charge in [-0.15, -0.1) is 0 Å². The average molecular weight is 535 g/mol. The van der Waals surface area contributed by atoms with Gasteiger partial charge in [-0.2, -0.15) is 17.9 Å². The van der Waals surface area contributed by atoms with E-state index in [1.165, 1.54) is 21.3 Å². The highest BCUT2D eigenvalue weighted by atomic mass is 32.2. The van der Waals surface area contributed by atoms with Crippen molar-refractivity contribution in [1.82, 2.24) is 29.0 Å². The molecule has 3 aromatic heterocycles. The van der Waals surface area contributed by atoms with Crippen LogP contribution in [-0.2, 0) is 22.6 Å². The molecule has 1 aliphatic rings. The number of halogens is 3. The zero-order valence-electron chi connectivity index (χ0n) is 19.9. The highest BCUT2D eigenvalue weighted by Gasteiger charge is 2.31. The first kappa shape index (κ1) is 25.2. The van der Waals surface area contributed by atoms with Crippen molar-refractivity contribution in [2.75, 3.05) is 19.3 Å². The number of nitrogens with zero attached hydrogens (tertiary/aromatic N) is 4. The number of nitrogens with one attached hydrogen (secondary N) is 2. The Morgan fingerprint density at radius 1 is 1.11 bits per heavy atom. The SMILES string of the molecule is CS(=O)(=O)N1CCC(CCc2c(-c3ccc(C(F)(F)F)cn3)[nH]n(-c3nc4ccccc4[nH]3)c2=O)CC1.